The highest BCUT2D eigenvalue weighted by atomic mass is 16.6. The van der Waals surface area contributed by atoms with E-state index in [9.17, 15) is 20.0 Å². The molecule has 1 aliphatic carbocycles. The molecule has 1 aromatic rings. The van der Waals surface area contributed by atoms with E-state index in [0.717, 1.165) is 12.8 Å². The molecule has 7 heteroatoms. The van der Waals surface area contributed by atoms with Crippen molar-refractivity contribution in [2.45, 2.75) is 18.4 Å². The van der Waals surface area contributed by atoms with Crippen LogP contribution in [0, 0.1) is 16.0 Å². The molecule has 0 bridgehead atoms. The molecule has 2 aliphatic rings. The molecular formula is C14H17N3O4. The van der Waals surface area contributed by atoms with Crippen molar-refractivity contribution in [3.8, 4) is 0 Å². The average Bonchev–Trinajstić information content (AvgIpc) is 3.21. The lowest BCUT2D eigenvalue weighted by atomic mass is 9.89. The van der Waals surface area contributed by atoms with Crippen LogP contribution in [0.5, 0.6) is 0 Å². The molecule has 1 aromatic carbocycles. The molecule has 0 unspecified atom stereocenters. The number of carbonyl (C=O) groups is 1. The molecule has 0 spiro atoms. The summed E-state index contributed by atoms with van der Waals surface area (Å²) in [5.74, 6) is 0.0779. The van der Waals surface area contributed by atoms with Crippen molar-refractivity contribution in [1.29, 1.82) is 0 Å². The average molecular weight is 291 g/mol. The van der Waals surface area contributed by atoms with E-state index in [1.165, 1.54) is 12.1 Å². The number of anilines is 1. The second-order valence-corrected chi connectivity index (χ2v) is 5.85. The first-order valence-electron chi connectivity index (χ1n) is 6.96. The number of nitro benzene ring substituents is 1. The third kappa shape index (κ3) is 2.88. The van der Waals surface area contributed by atoms with E-state index in [-0.39, 0.29) is 23.8 Å². The van der Waals surface area contributed by atoms with Gasteiger partial charge in [0.1, 0.15) is 5.69 Å². The SMILES string of the molecule is O=C(CN1CC(O)(C2CC2)C1)Nc1ccccc1[N+](=O)[O-]. The van der Waals surface area contributed by atoms with Crippen molar-refractivity contribution < 1.29 is 14.8 Å². The molecule has 112 valence electrons. The summed E-state index contributed by atoms with van der Waals surface area (Å²) in [5.41, 5.74) is -0.548. The number of aliphatic hydroxyl groups is 1. The maximum absolute atomic E-state index is 11.9. The fourth-order valence-electron chi connectivity index (χ4n) is 2.85. The van der Waals surface area contributed by atoms with Crippen molar-refractivity contribution in [2.24, 2.45) is 5.92 Å². The van der Waals surface area contributed by atoms with Gasteiger partial charge in [-0.3, -0.25) is 19.8 Å². The fraction of sp³-hybridized carbons (Fsp3) is 0.500. The number of para-hydroxylation sites is 2. The third-order valence-electron chi connectivity index (χ3n) is 4.07. The normalized spacial score (nSPS) is 20.6. The molecule has 7 nitrogen and oxygen atoms in total. The number of benzene rings is 1. The minimum atomic E-state index is -0.626. The van der Waals surface area contributed by atoms with E-state index in [2.05, 4.69) is 5.32 Å². The molecule has 0 atom stereocenters. The molecule has 1 heterocycles. The fourth-order valence-corrected chi connectivity index (χ4v) is 2.85. The highest BCUT2D eigenvalue weighted by molar-refractivity contribution is 5.94. The molecule has 0 radical (unpaired) electrons. The van der Waals surface area contributed by atoms with Crippen LogP contribution in [0.3, 0.4) is 0 Å². The lowest BCUT2D eigenvalue weighted by molar-refractivity contribution is -0.383. The van der Waals surface area contributed by atoms with Gasteiger partial charge in [-0.25, -0.2) is 0 Å². The Morgan fingerprint density at radius 3 is 2.71 bits per heavy atom. The van der Waals surface area contributed by atoms with E-state index < -0.39 is 10.5 Å². The Hall–Kier alpha value is -1.99. The summed E-state index contributed by atoms with van der Waals surface area (Å²) in [7, 11) is 0. The minimum Gasteiger partial charge on any atom is -0.387 e. The molecule has 1 saturated carbocycles. The Balaban J connectivity index is 1.54. The molecule has 2 N–H and O–H groups in total. The van der Waals surface area contributed by atoms with Crippen molar-refractivity contribution in [2.75, 3.05) is 25.0 Å². The largest absolute Gasteiger partial charge is 0.387 e. The van der Waals surface area contributed by atoms with Crippen molar-refractivity contribution in [3.63, 3.8) is 0 Å². The zero-order chi connectivity index (χ0) is 15.0. The Bertz CT molecular complexity index is 579. The number of nitrogens with one attached hydrogen (secondary N) is 1. The van der Waals surface area contributed by atoms with Gasteiger partial charge in [-0.1, -0.05) is 12.1 Å². The maximum Gasteiger partial charge on any atom is 0.292 e. The van der Waals surface area contributed by atoms with E-state index in [1.54, 1.807) is 12.1 Å². The number of β-amino-alcohol motifs (C(OH)–C–C–N with tert-alkyl or cyclic N) is 1. The smallest absolute Gasteiger partial charge is 0.292 e. The number of carbonyl (C=O) groups excluding carboxylic acids is 1. The minimum absolute atomic E-state index is 0.121. The van der Waals surface area contributed by atoms with E-state index in [0.29, 0.717) is 19.0 Å². The van der Waals surface area contributed by atoms with Crippen LogP contribution in [0.4, 0.5) is 11.4 Å². The van der Waals surface area contributed by atoms with Gasteiger partial charge in [-0.2, -0.15) is 0 Å². The van der Waals surface area contributed by atoms with Gasteiger partial charge in [0.2, 0.25) is 5.91 Å². The Morgan fingerprint density at radius 2 is 2.10 bits per heavy atom. The number of amides is 1. The summed E-state index contributed by atoms with van der Waals surface area (Å²) < 4.78 is 0. The van der Waals surface area contributed by atoms with E-state index >= 15 is 0 Å². The first kappa shape index (κ1) is 14.0. The lowest BCUT2D eigenvalue weighted by Crippen LogP contribution is -2.64. The summed E-state index contributed by atoms with van der Waals surface area (Å²) in [6, 6.07) is 6.05. The van der Waals surface area contributed by atoms with Crippen LogP contribution >= 0.6 is 0 Å². The highest BCUT2D eigenvalue weighted by Crippen LogP contribution is 2.44. The van der Waals surface area contributed by atoms with Gasteiger partial charge in [-0.15, -0.1) is 0 Å². The Morgan fingerprint density at radius 1 is 1.43 bits per heavy atom. The van der Waals surface area contributed by atoms with Gasteiger partial charge in [0.25, 0.3) is 5.69 Å². The van der Waals surface area contributed by atoms with Gasteiger partial charge in [0, 0.05) is 19.2 Å². The van der Waals surface area contributed by atoms with Crippen molar-refractivity contribution in [3.05, 3.63) is 34.4 Å². The Labute approximate surface area is 121 Å². The monoisotopic (exact) mass is 291 g/mol. The first-order chi connectivity index (χ1) is 9.98. The predicted octanol–water partition coefficient (Wildman–Crippen LogP) is 0.990. The van der Waals surface area contributed by atoms with Crippen molar-refractivity contribution in [1.82, 2.24) is 4.90 Å². The Kier molecular flexibility index (Phi) is 3.38. The number of likely N-dealkylation sites (tertiary alicyclic amines) is 1. The second-order valence-electron chi connectivity index (χ2n) is 5.85. The molecule has 1 saturated heterocycles. The van der Waals surface area contributed by atoms with Gasteiger partial charge >= 0.3 is 0 Å². The molecule has 2 fully saturated rings. The summed E-state index contributed by atoms with van der Waals surface area (Å²) in [6.45, 7) is 1.14. The van der Waals surface area contributed by atoms with Gasteiger partial charge < -0.3 is 10.4 Å². The van der Waals surface area contributed by atoms with Gasteiger partial charge in [0.15, 0.2) is 0 Å². The van der Waals surface area contributed by atoms with Crippen LogP contribution in [0.15, 0.2) is 24.3 Å². The number of nitro groups is 1. The van der Waals surface area contributed by atoms with Crippen LogP contribution in [0.25, 0.3) is 0 Å². The molecule has 1 aliphatic heterocycles. The topological polar surface area (TPSA) is 95.7 Å². The summed E-state index contributed by atoms with van der Waals surface area (Å²) in [4.78, 5) is 24.1. The van der Waals surface area contributed by atoms with Crippen LogP contribution in [0.1, 0.15) is 12.8 Å². The van der Waals surface area contributed by atoms with Crippen LogP contribution in [-0.4, -0.2) is 46.1 Å². The number of nitrogens with zero attached hydrogens (tertiary/aromatic N) is 2. The summed E-state index contributed by atoms with van der Waals surface area (Å²) in [5, 5.41) is 23.6. The predicted molar refractivity (Wildman–Crippen MR) is 75.8 cm³/mol. The van der Waals surface area contributed by atoms with E-state index in [1.807, 2.05) is 4.90 Å². The summed E-state index contributed by atoms with van der Waals surface area (Å²) >= 11 is 0. The number of rotatable bonds is 5. The molecule has 21 heavy (non-hydrogen) atoms. The highest BCUT2D eigenvalue weighted by Gasteiger charge is 2.51. The van der Waals surface area contributed by atoms with Crippen molar-refractivity contribution >= 4 is 17.3 Å². The number of hydrogen-bond acceptors (Lipinski definition) is 5. The van der Waals surface area contributed by atoms with Crippen LogP contribution in [-0.2, 0) is 4.79 Å². The molecule has 3 rings (SSSR count). The zero-order valence-corrected chi connectivity index (χ0v) is 11.5. The third-order valence-corrected chi connectivity index (χ3v) is 4.07. The van der Waals surface area contributed by atoms with Crippen LogP contribution in [0.2, 0.25) is 0 Å². The van der Waals surface area contributed by atoms with E-state index in [4.69, 9.17) is 0 Å². The standard InChI is InChI=1S/C14H17N3O4/c18-13(7-16-8-14(19,9-16)10-5-6-10)15-11-3-1-2-4-12(11)17(20)21/h1-4,10,19H,5-9H2,(H,15,18). The molecule has 0 aromatic heterocycles. The molecular weight excluding hydrogens is 274 g/mol. The molecule has 1 amide bonds. The van der Waals surface area contributed by atoms with Gasteiger partial charge in [-0.05, 0) is 24.8 Å². The lowest BCUT2D eigenvalue weighted by Gasteiger charge is -2.46. The first-order valence-corrected chi connectivity index (χ1v) is 6.96. The van der Waals surface area contributed by atoms with Crippen LogP contribution < -0.4 is 5.32 Å². The quantitative estimate of drug-likeness (QED) is 0.623. The zero-order valence-electron chi connectivity index (χ0n) is 11.5. The van der Waals surface area contributed by atoms with Gasteiger partial charge in [0.05, 0.1) is 17.1 Å². The second kappa shape index (κ2) is 5.09. The number of hydrogen-bond donors (Lipinski definition) is 2. The summed E-state index contributed by atoms with van der Waals surface area (Å²) in [6.07, 6.45) is 2.12. The maximum atomic E-state index is 11.9.